The second kappa shape index (κ2) is 5.99. The topological polar surface area (TPSA) is 133 Å². The lowest BCUT2D eigenvalue weighted by atomic mass is 10.0. The number of carbonyl (C=O) groups is 3. The number of nitrogens with zero attached hydrogens (tertiary/aromatic N) is 3. The largest absolute Gasteiger partial charge is 0.870 e. The molecule has 0 aromatic heterocycles. The smallest absolute Gasteiger partial charge is 0.333 e. The van der Waals surface area contributed by atoms with Gasteiger partial charge < -0.3 is 9.84 Å². The van der Waals surface area contributed by atoms with Crippen molar-refractivity contribution in [3.05, 3.63) is 33.4 Å². The first-order chi connectivity index (χ1) is 11.2. The third-order valence-electron chi connectivity index (χ3n) is 3.44. The van der Waals surface area contributed by atoms with E-state index < -0.39 is 39.8 Å². The van der Waals surface area contributed by atoms with Crippen LogP contribution in [0.25, 0.3) is 6.08 Å². The summed E-state index contributed by atoms with van der Waals surface area (Å²) in [5, 5.41) is 23.1. The Balaban J connectivity index is 2.63. The number of nitro benzene ring substituents is 1. The van der Waals surface area contributed by atoms with Gasteiger partial charge in [-0.3, -0.25) is 29.5 Å². The van der Waals surface area contributed by atoms with E-state index in [1.54, 1.807) is 0 Å². The van der Waals surface area contributed by atoms with E-state index in [1.807, 2.05) is 0 Å². The molecule has 0 bridgehead atoms. The first kappa shape index (κ1) is 16.9. The number of benzene rings is 1. The second-order valence-corrected chi connectivity index (χ2v) is 4.89. The van der Waals surface area contributed by atoms with Crippen LogP contribution in [0.5, 0.6) is 11.5 Å². The fourth-order valence-electron chi connectivity index (χ4n) is 2.10. The van der Waals surface area contributed by atoms with Crippen molar-refractivity contribution in [1.82, 2.24) is 9.80 Å². The van der Waals surface area contributed by atoms with Crippen LogP contribution in [0.15, 0.2) is 17.7 Å². The van der Waals surface area contributed by atoms with E-state index in [4.69, 9.17) is 4.74 Å². The molecular formula is C14H12N3O7-. The van der Waals surface area contributed by atoms with Gasteiger partial charge in [-0.1, -0.05) is 5.75 Å². The number of imide groups is 2. The van der Waals surface area contributed by atoms with Crippen LogP contribution in [-0.4, -0.2) is 53.8 Å². The normalized spacial score (nSPS) is 15.0. The number of barbiturate groups is 1. The number of hydrogen-bond donors (Lipinski definition) is 0. The molecule has 1 fully saturated rings. The molecule has 0 radical (unpaired) electrons. The zero-order chi connectivity index (χ0) is 18.2. The number of urea groups is 1. The molecule has 10 nitrogen and oxygen atoms in total. The Kier molecular flexibility index (Phi) is 4.22. The van der Waals surface area contributed by atoms with Crippen molar-refractivity contribution < 1.29 is 29.2 Å². The Hall–Kier alpha value is -3.43. The molecule has 126 valence electrons. The second-order valence-electron chi connectivity index (χ2n) is 4.89. The predicted molar refractivity (Wildman–Crippen MR) is 78.0 cm³/mol. The quantitative estimate of drug-likeness (QED) is 0.331. The number of likely N-dealkylation sites (N-methyl/N-ethyl adjacent to an activating group) is 2. The van der Waals surface area contributed by atoms with Crippen LogP contribution in [0.1, 0.15) is 5.56 Å². The first-order valence-corrected chi connectivity index (χ1v) is 6.54. The zero-order valence-electron chi connectivity index (χ0n) is 12.9. The Labute approximate surface area is 135 Å². The van der Waals surface area contributed by atoms with Gasteiger partial charge in [-0.25, -0.2) is 4.79 Å². The summed E-state index contributed by atoms with van der Waals surface area (Å²) >= 11 is 0. The van der Waals surface area contributed by atoms with Crippen molar-refractivity contribution in [3.8, 4) is 11.5 Å². The Morgan fingerprint density at radius 2 is 1.67 bits per heavy atom. The molecule has 1 aliphatic heterocycles. The molecule has 1 aromatic rings. The summed E-state index contributed by atoms with van der Waals surface area (Å²) in [6.45, 7) is 0. The van der Waals surface area contributed by atoms with Gasteiger partial charge in [0, 0.05) is 20.2 Å². The van der Waals surface area contributed by atoms with Crippen LogP contribution in [-0.2, 0) is 9.59 Å². The maximum absolute atomic E-state index is 12.2. The summed E-state index contributed by atoms with van der Waals surface area (Å²) in [6.07, 6.45) is 0.919. The summed E-state index contributed by atoms with van der Waals surface area (Å²) in [4.78, 5) is 47.5. The molecule has 1 aromatic carbocycles. The van der Waals surface area contributed by atoms with Gasteiger partial charge in [-0.2, -0.15) is 0 Å². The number of nitro groups is 1. The fourth-order valence-corrected chi connectivity index (χ4v) is 2.10. The number of hydrogen-bond acceptors (Lipinski definition) is 7. The lowest BCUT2D eigenvalue weighted by Gasteiger charge is -2.29. The monoisotopic (exact) mass is 334 g/mol. The number of methoxy groups -OCH3 is 1. The summed E-state index contributed by atoms with van der Waals surface area (Å²) in [6, 6.07) is 1.05. The van der Waals surface area contributed by atoms with Gasteiger partial charge in [-0.15, -0.1) is 0 Å². The SMILES string of the molecule is COc1cc([N+](=O)[O-])cc(C=C2C(=O)N(C)C(=O)N(C)C2=O)c1[O-]. The third kappa shape index (κ3) is 2.64. The molecular weight excluding hydrogens is 322 g/mol. The highest BCUT2D eigenvalue weighted by molar-refractivity contribution is 6.30. The van der Waals surface area contributed by atoms with Crippen LogP contribution in [0.3, 0.4) is 0 Å². The van der Waals surface area contributed by atoms with E-state index in [-0.39, 0.29) is 11.3 Å². The standard InChI is InChI=1S/C14H13N3O7/c1-15-12(19)9(13(20)16(2)14(15)21)5-7-4-8(17(22)23)6-10(24-3)11(7)18/h4-6,18H,1-3H3/p-1. The average Bonchev–Trinajstić information content (AvgIpc) is 2.56. The lowest BCUT2D eigenvalue weighted by molar-refractivity contribution is -0.385. The molecule has 10 heteroatoms. The number of amides is 4. The van der Waals surface area contributed by atoms with Crippen molar-refractivity contribution in [2.45, 2.75) is 0 Å². The molecule has 4 amide bonds. The minimum absolute atomic E-state index is 0.270. The number of ether oxygens (including phenoxy) is 1. The number of carbonyl (C=O) groups excluding carboxylic acids is 3. The summed E-state index contributed by atoms with van der Waals surface area (Å²) < 4.78 is 4.79. The Morgan fingerprint density at radius 3 is 2.12 bits per heavy atom. The van der Waals surface area contributed by atoms with Crippen LogP contribution in [0.4, 0.5) is 10.5 Å². The fraction of sp³-hybridized carbons (Fsp3) is 0.214. The molecule has 1 saturated heterocycles. The Morgan fingerprint density at radius 1 is 1.12 bits per heavy atom. The molecule has 0 N–H and O–H groups in total. The van der Waals surface area contributed by atoms with E-state index in [0.29, 0.717) is 9.80 Å². The molecule has 0 spiro atoms. The van der Waals surface area contributed by atoms with Gasteiger partial charge >= 0.3 is 6.03 Å². The maximum Gasteiger partial charge on any atom is 0.333 e. The number of non-ortho nitro benzene ring substituents is 1. The highest BCUT2D eigenvalue weighted by Gasteiger charge is 2.37. The van der Waals surface area contributed by atoms with Gasteiger partial charge in [0.25, 0.3) is 17.5 Å². The van der Waals surface area contributed by atoms with Crippen LogP contribution in [0.2, 0.25) is 0 Å². The molecule has 2 rings (SSSR count). The van der Waals surface area contributed by atoms with Crippen LogP contribution < -0.4 is 9.84 Å². The molecule has 0 saturated carbocycles. The molecule has 0 aliphatic carbocycles. The first-order valence-electron chi connectivity index (χ1n) is 6.54. The highest BCUT2D eigenvalue weighted by Crippen LogP contribution is 2.34. The van der Waals surface area contributed by atoms with E-state index in [2.05, 4.69) is 0 Å². The van der Waals surface area contributed by atoms with Crippen molar-refractivity contribution in [1.29, 1.82) is 0 Å². The van der Waals surface area contributed by atoms with Gasteiger partial charge in [-0.05, 0) is 11.6 Å². The Bertz CT molecular complexity index is 774. The van der Waals surface area contributed by atoms with Gasteiger partial charge in [0.15, 0.2) is 0 Å². The zero-order valence-corrected chi connectivity index (χ0v) is 12.9. The van der Waals surface area contributed by atoms with Crippen LogP contribution >= 0.6 is 0 Å². The minimum Gasteiger partial charge on any atom is -0.870 e. The lowest BCUT2D eigenvalue weighted by Crippen LogP contribution is -2.52. The molecule has 1 aliphatic rings. The van der Waals surface area contributed by atoms with E-state index >= 15 is 0 Å². The van der Waals surface area contributed by atoms with E-state index in [1.165, 1.54) is 14.1 Å². The van der Waals surface area contributed by atoms with Gasteiger partial charge in [0.2, 0.25) is 0 Å². The van der Waals surface area contributed by atoms with Gasteiger partial charge in [0.1, 0.15) is 11.3 Å². The van der Waals surface area contributed by atoms with Crippen molar-refractivity contribution >= 4 is 29.6 Å². The average molecular weight is 334 g/mol. The summed E-state index contributed by atoms with van der Waals surface area (Å²) in [5.41, 5.74) is -1.17. The van der Waals surface area contributed by atoms with Crippen molar-refractivity contribution in [2.24, 2.45) is 0 Å². The van der Waals surface area contributed by atoms with Crippen molar-refractivity contribution in [3.63, 3.8) is 0 Å². The molecule has 24 heavy (non-hydrogen) atoms. The molecule has 0 atom stereocenters. The minimum atomic E-state index is -0.909. The molecule has 1 heterocycles. The maximum atomic E-state index is 12.2. The van der Waals surface area contributed by atoms with Crippen molar-refractivity contribution in [2.75, 3.05) is 21.2 Å². The third-order valence-corrected chi connectivity index (χ3v) is 3.44. The molecule has 0 unspecified atom stereocenters. The summed E-state index contributed by atoms with van der Waals surface area (Å²) in [7, 11) is 3.51. The van der Waals surface area contributed by atoms with E-state index in [9.17, 15) is 29.6 Å². The van der Waals surface area contributed by atoms with E-state index in [0.717, 1.165) is 25.3 Å². The highest BCUT2D eigenvalue weighted by atomic mass is 16.6. The summed E-state index contributed by atoms with van der Waals surface area (Å²) in [5.74, 6) is -2.84. The van der Waals surface area contributed by atoms with Gasteiger partial charge in [0.05, 0.1) is 18.1 Å². The number of rotatable bonds is 3. The van der Waals surface area contributed by atoms with Crippen LogP contribution in [0, 0.1) is 10.1 Å². The predicted octanol–water partition coefficient (Wildman–Crippen LogP) is 0.111.